The molecule has 2 aromatic rings. The topological polar surface area (TPSA) is 562 Å². The number of hydrogen-bond donors (Lipinski definition) is 17. The number of allylic oxidation sites excluding steroid dienone is 4. The van der Waals surface area contributed by atoms with Gasteiger partial charge in [-0.3, -0.25) is 67.1 Å². The van der Waals surface area contributed by atoms with Gasteiger partial charge in [-0.25, -0.2) is 9.78 Å². The number of ether oxygens (including phenoxy) is 1. The number of imidazole rings is 1. The van der Waals surface area contributed by atoms with Crippen LogP contribution in [-0.4, -0.2) is 253 Å². The molecule has 0 saturated carbocycles. The fourth-order valence-corrected chi connectivity index (χ4v) is 11.9. The summed E-state index contributed by atoms with van der Waals surface area (Å²) in [4.78, 5) is 207. The van der Waals surface area contributed by atoms with Crippen molar-refractivity contribution in [2.75, 3.05) is 58.0 Å². The van der Waals surface area contributed by atoms with Crippen molar-refractivity contribution in [2.24, 2.45) is 11.5 Å². The van der Waals surface area contributed by atoms with E-state index in [1.807, 2.05) is 26.0 Å². The van der Waals surface area contributed by atoms with E-state index >= 15 is 0 Å². The summed E-state index contributed by atoms with van der Waals surface area (Å²) < 4.78 is 4.97. The Balaban J connectivity index is 1.32. The van der Waals surface area contributed by atoms with Gasteiger partial charge in [-0.1, -0.05) is 47.1 Å². The lowest BCUT2D eigenvalue weighted by molar-refractivity contribution is -0.146. The van der Waals surface area contributed by atoms with Crippen molar-refractivity contribution < 1.29 is 102 Å². The molecule has 4 rings (SSSR count). The highest BCUT2D eigenvalue weighted by Gasteiger charge is 2.42. The molecule has 0 spiro atoms. The molecule has 0 aliphatic carbocycles. The number of phenolic OH excluding ortho intramolecular Hbond substituents is 1. The van der Waals surface area contributed by atoms with Gasteiger partial charge < -0.3 is 104 Å². The first-order valence-corrected chi connectivity index (χ1v) is 34.8. The summed E-state index contributed by atoms with van der Waals surface area (Å²) in [5, 5.41) is 69.7. The van der Waals surface area contributed by atoms with E-state index in [4.69, 9.17) is 21.3 Å². The number of aliphatic hydroxyl groups is 2. The van der Waals surface area contributed by atoms with Gasteiger partial charge in [0.25, 0.3) is 0 Å². The Morgan fingerprint density at radius 1 is 0.635 bits per heavy atom. The average molecular weight is 1480 g/mol. The highest BCUT2D eigenvalue weighted by atomic mass is 32.2. The molecule has 3 heterocycles. The molecule has 1 aromatic carbocycles. The van der Waals surface area contributed by atoms with E-state index in [9.17, 15) is 92.3 Å². The molecule has 572 valence electrons. The van der Waals surface area contributed by atoms with Gasteiger partial charge in [-0.15, -0.1) is 0 Å². The Kier molecular flexibility index (Phi) is 36.7. The monoisotopic (exact) mass is 1480 g/mol. The largest absolute Gasteiger partial charge is 0.508 e. The van der Waals surface area contributed by atoms with Crippen LogP contribution in [0.3, 0.4) is 0 Å². The van der Waals surface area contributed by atoms with Gasteiger partial charge in [-0.05, 0) is 103 Å². The van der Waals surface area contributed by atoms with Crippen molar-refractivity contribution in [1.82, 2.24) is 67.6 Å². The highest BCUT2D eigenvalue weighted by Crippen LogP contribution is 2.22. The van der Waals surface area contributed by atoms with Crippen LogP contribution in [0.1, 0.15) is 116 Å². The number of nitrogens with two attached hydrogens (primary N) is 2. The maximum Gasteiger partial charge on any atom is 0.329 e. The maximum absolute atomic E-state index is 14.1. The number of H-pyrrole nitrogens is 1. The summed E-state index contributed by atoms with van der Waals surface area (Å²) in [5.41, 5.74) is 15.3. The lowest BCUT2D eigenvalue weighted by Gasteiger charge is -2.30. The predicted molar refractivity (Wildman–Crippen MR) is 373 cm³/mol. The Bertz CT molecular complexity index is 3440. The predicted octanol–water partition coefficient (Wildman–Crippen LogP) is -3.64. The van der Waals surface area contributed by atoms with Crippen LogP contribution in [0.15, 0.2) is 71.7 Å². The van der Waals surface area contributed by atoms with Crippen molar-refractivity contribution in [3.05, 3.63) is 83.0 Å². The molecule has 2 fully saturated rings. The van der Waals surface area contributed by atoms with Gasteiger partial charge in [0.2, 0.25) is 70.9 Å². The van der Waals surface area contributed by atoms with Crippen LogP contribution in [0.25, 0.3) is 0 Å². The van der Waals surface area contributed by atoms with Crippen LogP contribution in [0.2, 0.25) is 0 Å². The fraction of sp³-hybridized carbons (Fsp3) is 0.552. The third kappa shape index (κ3) is 30.0. The Morgan fingerprint density at radius 3 is 1.77 bits per heavy atom. The van der Waals surface area contributed by atoms with Gasteiger partial charge in [0.05, 0.1) is 58.6 Å². The van der Waals surface area contributed by atoms with Crippen LogP contribution in [0.5, 0.6) is 5.75 Å². The number of rotatable bonds is 44. The molecule has 2 aliphatic heterocycles. The number of hydrogen-bond acceptors (Lipinski definition) is 22. The number of aliphatic hydroxyl groups excluding tert-OH is 2. The number of aliphatic carboxylic acids is 2. The van der Waals surface area contributed by atoms with E-state index in [2.05, 4.69) is 70.8 Å². The number of aromatic nitrogens is 2. The number of carbonyl (C=O) groups is 15. The zero-order valence-corrected chi connectivity index (χ0v) is 59.5. The first kappa shape index (κ1) is 86.1. The third-order valence-corrected chi connectivity index (χ3v) is 17.7. The second kappa shape index (κ2) is 44.3. The van der Waals surface area contributed by atoms with E-state index in [1.54, 1.807) is 0 Å². The molecule has 19 N–H and O–H groups in total. The number of aromatic hydroxyl groups is 1. The minimum absolute atomic E-state index is 0.00470. The number of esters is 1. The molecular formula is C67H97N15O21S. The number of methoxy groups -OCH3 is 1. The number of thioether (sulfide) groups is 1. The standard InChI is InChI=1S/C67H97N15O21S/c1-37(11-7-13-39(3)33-83)10-6-12-38(2)22-25-104-35-50(67(102)103-5)80-60(95)45(26-41-16-18-43(85)19-17-41)75-54(87)31-71-59(94)47(28-53(69)86)76-55(88)32-72-63(98)51-14-8-23-81(51)65(100)40(4)74-62(97)49(34-84)79-64(99)52-15-9-24-82(52)66(101)48(29-57(91)92)78-61(96)46(27-42-30-70-36-73-42)77-58(93)44(68)20-21-56(89)90/h10,13,16-19,22,30,36,40,44-52,83-85H,6-9,11-12,14-15,20-21,23-29,31-35,68H2,1-5H3,(H2,69,86)(H,70,73)(H,71,94)(H,72,98)(H,74,97)(H,75,87)(H,76,88)(H,77,93)(H,78,96)(H,79,99)(H,80,95)(H,89,90)(H,91,92)/b37-10+,38-22+,39-13-/t40-,44-,45-,46-,47-,48-,49-,50-,51-,52-/m0/s1. The van der Waals surface area contributed by atoms with Crippen LogP contribution in [0, 0.1) is 0 Å². The SMILES string of the molecule is COC(=O)[C@H](CSC/C=C(\C)CC/C=C(\C)CC/C=C(/C)CO)NC(=O)[C@H](Cc1ccc(O)cc1)NC(=O)CNC(=O)[C@H](CC(N)=O)NC(=O)CNC(=O)[C@@H]1CCCN1C(=O)[C@H](C)NC(=O)[C@H](CO)NC(=O)[C@@H]1CCCN1C(=O)[C@H](CC(=O)O)NC(=O)[C@H](Cc1cnc[nH]1)NC(=O)[C@@H](N)CCC(=O)O. The molecule has 12 amide bonds. The lowest BCUT2D eigenvalue weighted by atomic mass is 10.0. The minimum atomic E-state index is -1.83. The van der Waals surface area contributed by atoms with E-state index in [0.29, 0.717) is 17.0 Å². The van der Waals surface area contributed by atoms with Crippen LogP contribution < -0.4 is 59.3 Å². The molecule has 1 aromatic heterocycles. The molecule has 36 nitrogen and oxygen atoms in total. The lowest BCUT2D eigenvalue weighted by Crippen LogP contribution is -2.60. The van der Waals surface area contributed by atoms with Crippen molar-refractivity contribution in [1.29, 1.82) is 0 Å². The number of carboxylic acids is 2. The number of phenols is 1. The maximum atomic E-state index is 14.1. The zero-order chi connectivity index (χ0) is 77.2. The van der Waals surface area contributed by atoms with E-state index in [-0.39, 0.29) is 76.1 Å². The number of benzene rings is 1. The van der Waals surface area contributed by atoms with Gasteiger partial charge in [0, 0.05) is 55.7 Å². The average Bonchev–Trinajstić information content (AvgIpc) is 1.67. The van der Waals surface area contributed by atoms with E-state index < -0.39 is 188 Å². The number of likely N-dealkylation sites (tertiary alicyclic amines) is 2. The Labute approximate surface area is 604 Å². The quantitative estimate of drug-likeness (QED) is 0.0173. The van der Waals surface area contributed by atoms with Crippen molar-refractivity contribution in [3.63, 3.8) is 0 Å². The first-order chi connectivity index (χ1) is 49.3. The van der Waals surface area contributed by atoms with Crippen LogP contribution in [0.4, 0.5) is 0 Å². The van der Waals surface area contributed by atoms with Gasteiger partial charge in [0.15, 0.2) is 0 Å². The highest BCUT2D eigenvalue weighted by molar-refractivity contribution is 7.99. The number of nitrogens with one attached hydrogen (secondary N) is 10. The van der Waals surface area contributed by atoms with Crippen LogP contribution >= 0.6 is 11.8 Å². The molecule has 0 radical (unpaired) electrons. The Morgan fingerprint density at radius 2 is 1.19 bits per heavy atom. The number of carbonyl (C=O) groups excluding carboxylic acids is 13. The molecule has 2 aliphatic rings. The summed E-state index contributed by atoms with van der Waals surface area (Å²) in [6, 6.07) is -8.97. The molecule has 2 saturated heterocycles. The first-order valence-electron chi connectivity index (χ1n) is 33.7. The molecule has 104 heavy (non-hydrogen) atoms. The number of carboxylic acid groups (broad SMARTS) is 2. The van der Waals surface area contributed by atoms with Gasteiger partial charge in [-0.2, -0.15) is 11.8 Å². The molecule has 0 bridgehead atoms. The normalized spacial score (nSPS) is 16.9. The van der Waals surface area contributed by atoms with Gasteiger partial charge in [0.1, 0.15) is 60.1 Å². The van der Waals surface area contributed by atoms with E-state index in [1.165, 1.54) is 61.0 Å². The van der Waals surface area contributed by atoms with Crippen LogP contribution in [-0.2, 0) is 89.5 Å². The second-order valence-corrected chi connectivity index (χ2v) is 26.2. The molecule has 10 atom stereocenters. The molecular weight excluding hydrogens is 1380 g/mol. The molecule has 0 unspecified atom stereocenters. The summed E-state index contributed by atoms with van der Waals surface area (Å²) in [5.74, 6) is -14.7. The smallest absolute Gasteiger partial charge is 0.329 e. The second-order valence-electron chi connectivity index (χ2n) is 25.1. The zero-order valence-electron chi connectivity index (χ0n) is 58.7. The number of amides is 12. The number of primary amides is 1. The van der Waals surface area contributed by atoms with Gasteiger partial charge >= 0.3 is 17.9 Å². The summed E-state index contributed by atoms with van der Waals surface area (Å²) >= 11 is 1.35. The molecule has 37 heteroatoms. The number of aromatic amines is 1. The third-order valence-electron chi connectivity index (χ3n) is 16.7. The van der Waals surface area contributed by atoms with Crippen molar-refractivity contribution >= 4 is 101 Å². The number of nitrogens with zero attached hydrogens (tertiary/aromatic N) is 3. The van der Waals surface area contributed by atoms with Crippen molar-refractivity contribution in [2.45, 2.75) is 178 Å². The summed E-state index contributed by atoms with van der Waals surface area (Å²) in [7, 11) is 1.15. The summed E-state index contributed by atoms with van der Waals surface area (Å²) in [6.07, 6.45) is 9.67. The van der Waals surface area contributed by atoms with Crippen molar-refractivity contribution in [3.8, 4) is 5.75 Å². The fourth-order valence-electron chi connectivity index (χ4n) is 10.9. The minimum Gasteiger partial charge on any atom is -0.508 e. The Hall–Kier alpha value is -10.3. The van der Waals surface area contributed by atoms with E-state index in [0.717, 1.165) is 53.7 Å². The summed E-state index contributed by atoms with van der Waals surface area (Å²) in [6.45, 7) is 4.40.